The number of aliphatic hydroxyl groups is 1. The maximum Gasteiger partial charge on any atom is 0.170 e. The third-order valence-electron chi connectivity index (χ3n) is 2.97. The minimum atomic E-state index is -0.832. The number of halogens is 1. The number of aliphatic hydroxyl groups excluding tert-OH is 1. The second kappa shape index (κ2) is 4.82. The molecule has 3 rings (SSSR count). The SMILES string of the molecule is OC(Cc1ccccn1)c1cc2cccc(F)c2o1. The summed E-state index contributed by atoms with van der Waals surface area (Å²) in [6, 6.07) is 11.8. The summed E-state index contributed by atoms with van der Waals surface area (Å²) < 4.78 is 18.9. The van der Waals surface area contributed by atoms with E-state index in [0.717, 1.165) is 5.69 Å². The monoisotopic (exact) mass is 257 g/mol. The van der Waals surface area contributed by atoms with Gasteiger partial charge in [0.25, 0.3) is 0 Å². The largest absolute Gasteiger partial charge is 0.455 e. The fourth-order valence-corrected chi connectivity index (χ4v) is 2.03. The molecule has 0 radical (unpaired) electrons. The second-order valence-electron chi connectivity index (χ2n) is 4.35. The van der Waals surface area contributed by atoms with Gasteiger partial charge in [0.2, 0.25) is 0 Å². The average molecular weight is 257 g/mol. The van der Waals surface area contributed by atoms with Crippen molar-refractivity contribution in [3.8, 4) is 0 Å². The molecule has 0 saturated carbocycles. The molecule has 0 aliphatic carbocycles. The summed E-state index contributed by atoms with van der Waals surface area (Å²) in [4.78, 5) is 4.14. The van der Waals surface area contributed by atoms with Crippen LogP contribution < -0.4 is 0 Å². The number of aromatic nitrogens is 1. The van der Waals surface area contributed by atoms with Crippen molar-refractivity contribution in [1.29, 1.82) is 0 Å². The lowest BCUT2D eigenvalue weighted by Gasteiger charge is -2.06. The normalized spacial score (nSPS) is 12.7. The summed E-state index contributed by atoms with van der Waals surface area (Å²) in [5, 5.41) is 10.8. The maximum atomic E-state index is 13.5. The second-order valence-corrected chi connectivity index (χ2v) is 4.35. The van der Waals surface area contributed by atoms with E-state index in [2.05, 4.69) is 4.98 Å². The Morgan fingerprint density at radius 3 is 2.84 bits per heavy atom. The van der Waals surface area contributed by atoms with Crippen molar-refractivity contribution in [1.82, 2.24) is 4.98 Å². The van der Waals surface area contributed by atoms with Crippen molar-refractivity contribution in [2.75, 3.05) is 0 Å². The Balaban J connectivity index is 1.89. The van der Waals surface area contributed by atoms with Gasteiger partial charge in [0.1, 0.15) is 11.9 Å². The molecule has 0 spiro atoms. The van der Waals surface area contributed by atoms with Crippen LogP contribution in [0.5, 0.6) is 0 Å². The van der Waals surface area contributed by atoms with Crippen LogP contribution in [-0.2, 0) is 6.42 Å². The smallest absolute Gasteiger partial charge is 0.170 e. The first-order valence-corrected chi connectivity index (χ1v) is 6.00. The zero-order chi connectivity index (χ0) is 13.2. The van der Waals surface area contributed by atoms with Crippen LogP contribution in [0.25, 0.3) is 11.0 Å². The van der Waals surface area contributed by atoms with Gasteiger partial charge in [-0.2, -0.15) is 0 Å². The van der Waals surface area contributed by atoms with E-state index in [1.807, 2.05) is 18.2 Å². The fraction of sp³-hybridized carbons (Fsp3) is 0.133. The van der Waals surface area contributed by atoms with Crippen LogP contribution in [0.4, 0.5) is 4.39 Å². The van der Waals surface area contributed by atoms with Crippen LogP contribution in [0.15, 0.2) is 53.1 Å². The van der Waals surface area contributed by atoms with Gasteiger partial charge < -0.3 is 9.52 Å². The van der Waals surface area contributed by atoms with E-state index in [0.29, 0.717) is 17.6 Å². The van der Waals surface area contributed by atoms with Gasteiger partial charge in [-0.05, 0) is 24.3 Å². The molecule has 3 nitrogen and oxygen atoms in total. The van der Waals surface area contributed by atoms with Crippen molar-refractivity contribution < 1.29 is 13.9 Å². The molecule has 0 bridgehead atoms. The van der Waals surface area contributed by atoms with E-state index in [1.165, 1.54) is 6.07 Å². The minimum absolute atomic E-state index is 0.178. The predicted molar refractivity (Wildman–Crippen MR) is 69.1 cm³/mol. The number of nitrogens with zero attached hydrogens (tertiary/aromatic N) is 1. The number of hydrogen-bond acceptors (Lipinski definition) is 3. The lowest BCUT2D eigenvalue weighted by Crippen LogP contribution is -2.01. The van der Waals surface area contributed by atoms with E-state index >= 15 is 0 Å². The molecule has 3 aromatic rings. The molecule has 0 amide bonds. The van der Waals surface area contributed by atoms with Gasteiger partial charge >= 0.3 is 0 Å². The summed E-state index contributed by atoms with van der Waals surface area (Å²) in [5.41, 5.74) is 0.938. The topological polar surface area (TPSA) is 46.3 Å². The Labute approximate surface area is 109 Å². The van der Waals surface area contributed by atoms with Gasteiger partial charge in [-0.1, -0.05) is 18.2 Å². The number of para-hydroxylation sites is 1. The number of fused-ring (bicyclic) bond motifs is 1. The molecule has 0 fully saturated rings. The quantitative estimate of drug-likeness (QED) is 0.783. The Bertz CT molecular complexity index is 694. The van der Waals surface area contributed by atoms with Gasteiger partial charge in [0.05, 0.1) is 0 Å². The van der Waals surface area contributed by atoms with E-state index in [-0.39, 0.29) is 5.58 Å². The minimum Gasteiger partial charge on any atom is -0.455 e. The first-order chi connectivity index (χ1) is 9.24. The highest BCUT2D eigenvalue weighted by Gasteiger charge is 2.16. The van der Waals surface area contributed by atoms with Gasteiger partial charge in [-0.15, -0.1) is 0 Å². The Morgan fingerprint density at radius 1 is 1.21 bits per heavy atom. The van der Waals surface area contributed by atoms with Crippen LogP contribution in [-0.4, -0.2) is 10.1 Å². The summed E-state index contributed by atoms with van der Waals surface area (Å²) >= 11 is 0. The predicted octanol–water partition coefficient (Wildman–Crippen LogP) is 3.24. The summed E-state index contributed by atoms with van der Waals surface area (Å²) in [6.07, 6.45) is 1.17. The highest BCUT2D eigenvalue weighted by molar-refractivity contribution is 5.78. The molecule has 4 heteroatoms. The number of hydrogen-bond donors (Lipinski definition) is 1. The van der Waals surface area contributed by atoms with Crippen LogP contribution in [0.2, 0.25) is 0 Å². The molecular formula is C15H12FNO2. The Kier molecular flexibility index (Phi) is 3.01. The van der Waals surface area contributed by atoms with E-state index in [1.54, 1.807) is 24.4 Å². The molecule has 0 aliphatic rings. The maximum absolute atomic E-state index is 13.5. The lowest BCUT2D eigenvalue weighted by molar-refractivity contribution is 0.151. The van der Waals surface area contributed by atoms with Crippen molar-refractivity contribution >= 4 is 11.0 Å². The van der Waals surface area contributed by atoms with Crippen molar-refractivity contribution in [3.05, 3.63) is 65.9 Å². The lowest BCUT2D eigenvalue weighted by atomic mass is 10.1. The van der Waals surface area contributed by atoms with E-state index < -0.39 is 11.9 Å². The van der Waals surface area contributed by atoms with Crippen molar-refractivity contribution in [3.63, 3.8) is 0 Å². The molecule has 1 N–H and O–H groups in total. The molecular weight excluding hydrogens is 245 g/mol. The van der Waals surface area contributed by atoms with E-state index in [9.17, 15) is 9.50 Å². The standard InChI is InChI=1S/C15H12FNO2/c16-12-6-3-4-10-8-14(19-15(10)12)13(18)9-11-5-1-2-7-17-11/h1-8,13,18H,9H2. The van der Waals surface area contributed by atoms with E-state index in [4.69, 9.17) is 4.42 Å². The van der Waals surface area contributed by atoms with Crippen LogP contribution >= 0.6 is 0 Å². The van der Waals surface area contributed by atoms with Crippen LogP contribution in [0.3, 0.4) is 0 Å². The molecule has 0 saturated heterocycles. The summed E-state index contributed by atoms with van der Waals surface area (Å²) in [7, 11) is 0. The molecule has 1 unspecified atom stereocenters. The highest BCUT2D eigenvalue weighted by Crippen LogP contribution is 2.27. The molecule has 96 valence electrons. The summed E-state index contributed by atoms with van der Waals surface area (Å²) in [5.74, 6) is -0.0699. The number of furan rings is 1. The third kappa shape index (κ3) is 2.35. The average Bonchev–Trinajstić information content (AvgIpc) is 2.85. The Hall–Kier alpha value is -2.20. The van der Waals surface area contributed by atoms with Gasteiger partial charge in [0, 0.05) is 23.7 Å². The van der Waals surface area contributed by atoms with Gasteiger partial charge in [-0.3, -0.25) is 4.98 Å². The van der Waals surface area contributed by atoms with Crippen molar-refractivity contribution in [2.24, 2.45) is 0 Å². The molecule has 1 atom stereocenters. The molecule has 19 heavy (non-hydrogen) atoms. The van der Waals surface area contributed by atoms with Gasteiger partial charge in [-0.25, -0.2) is 4.39 Å². The molecule has 1 aromatic carbocycles. The zero-order valence-electron chi connectivity index (χ0n) is 10.1. The first-order valence-electron chi connectivity index (χ1n) is 6.00. The number of pyridine rings is 1. The molecule has 0 aliphatic heterocycles. The first kappa shape index (κ1) is 11.9. The van der Waals surface area contributed by atoms with Gasteiger partial charge in [0.15, 0.2) is 11.4 Å². The van der Waals surface area contributed by atoms with Crippen molar-refractivity contribution in [2.45, 2.75) is 12.5 Å². The molecule has 2 heterocycles. The Morgan fingerprint density at radius 2 is 2.11 bits per heavy atom. The van der Waals surface area contributed by atoms with Crippen LogP contribution in [0, 0.1) is 5.82 Å². The molecule has 2 aromatic heterocycles. The highest BCUT2D eigenvalue weighted by atomic mass is 19.1. The van der Waals surface area contributed by atoms with Crippen LogP contribution in [0.1, 0.15) is 17.6 Å². The third-order valence-corrected chi connectivity index (χ3v) is 2.97. The summed E-state index contributed by atoms with van der Waals surface area (Å²) in [6.45, 7) is 0. The fourth-order valence-electron chi connectivity index (χ4n) is 2.03. The number of benzene rings is 1. The zero-order valence-corrected chi connectivity index (χ0v) is 10.1. The number of rotatable bonds is 3.